The van der Waals surface area contributed by atoms with Crippen molar-refractivity contribution in [1.82, 2.24) is 4.98 Å². The van der Waals surface area contributed by atoms with Crippen molar-refractivity contribution in [2.24, 2.45) is 0 Å². The second-order valence-electron chi connectivity index (χ2n) is 5.24. The van der Waals surface area contributed by atoms with E-state index < -0.39 is 0 Å². The average molecular weight is 475 g/mol. The molecule has 1 nitrogen and oxygen atoms in total. The molecule has 3 aromatic carbocycles. The molecule has 0 spiro atoms. The summed E-state index contributed by atoms with van der Waals surface area (Å²) >= 11 is 0. The van der Waals surface area contributed by atoms with Crippen LogP contribution < -0.4 is 0 Å². The van der Waals surface area contributed by atoms with Gasteiger partial charge in [0.1, 0.15) is 0 Å². The molecule has 4 rings (SSSR count). The minimum atomic E-state index is 0. The predicted molar refractivity (Wildman–Crippen MR) is 91.5 cm³/mol. The van der Waals surface area contributed by atoms with E-state index >= 15 is 0 Å². The topological polar surface area (TPSA) is 12.9 Å². The Hall–Kier alpha value is -2.24. The summed E-state index contributed by atoms with van der Waals surface area (Å²) in [7, 11) is 0. The number of hydrogen-bond donors (Lipinski definition) is 0. The summed E-state index contributed by atoms with van der Waals surface area (Å²) in [5.41, 5.74) is 5.61. The summed E-state index contributed by atoms with van der Waals surface area (Å²) in [6, 6.07) is 30.4. The van der Waals surface area contributed by atoms with Crippen molar-refractivity contribution in [1.29, 1.82) is 0 Å². The minimum absolute atomic E-state index is 0. The van der Waals surface area contributed by atoms with Crippen molar-refractivity contribution >= 4 is 10.9 Å². The van der Waals surface area contributed by atoms with E-state index in [9.17, 15) is 0 Å². The first-order valence-electron chi connectivity index (χ1n) is 7.33. The number of aromatic nitrogens is 1. The molecule has 1 heterocycles. The normalized spacial score (nSPS) is 10.3. The molecule has 0 saturated heterocycles. The Morgan fingerprint density at radius 2 is 1.52 bits per heavy atom. The van der Waals surface area contributed by atoms with Crippen molar-refractivity contribution in [3.63, 3.8) is 0 Å². The fourth-order valence-corrected chi connectivity index (χ4v) is 2.72. The van der Waals surface area contributed by atoms with Crippen LogP contribution in [-0.4, -0.2) is 4.98 Å². The molecule has 0 aliphatic heterocycles. The zero-order valence-electron chi connectivity index (χ0n) is 12.3. The summed E-state index contributed by atoms with van der Waals surface area (Å²) in [4.78, 5) is 4.52. The van der Waals surface area contributed by atoms with Gasteiger partial charge in [-0.05, 0) is 11.5 Å². The zero-order chi connectivity index (χ0) is 14.8. The Bertz CT molecular complexity index is 910. The summed E-state index contributed by atoms with van der Waals surface area (Å²) in [6.07, 6.45) is 1.84. The van der Waals surface area contributed by atoms with Crippen molar-refractivity contribution in [3.05, 3.63) is 91.1 Å². The number of nitrogens with zero attached hydrogens (tertiary/aromatic N) is 1. The van der Waals surface area contributed by atoms with Crippen molar-refractivity contribution < 1.29 is 21.1 Å². The number of hydrogen-bond acceptors (Lipinski definition) is 1. The van der Waals surface area contributed by atoms with Gasteiger partial charge in [0.15, 0.2) is 0 Å². The van der Waals surface area contributed by atoms with E-state index in [1.54, 1.807) is 0 Å². The van der Waals surface area contributed by atoms with Crippen LogP contribution in [0.15, 0.2) is 85.1 Å². The van der Waals surface area contributed by atoms with Crippen LogP contribution in [0.1, 0.15) is 0 Å². The third kappa shape index (κ3) is 3.11. The minimum Gasteiger partial charge on any atom is -0.266 e. The molecule has 0 saturated carbocycles. The molecule has 2 heteroatoms. The van der Waals surface area contributed by atoms with Gasteiger partial charge in [-0.3, -0.25) is 4.98 Å². The van der Waals surface area contributed by atoms with Gasteiger partial charge in [0.2, 0.25) is 0 Å². The van der Waals surface area contributed by atoms with Gasteiger partial charge in [-0.2, -0.15) is 0 Å². The molecule has 0 N–H and O–H groups in total. The molecule has 0 bridgehead atoms. The van der Waals surface area contributed by atoms with Gasteiger partial charge in [0.25, 0.3) is 0 Å². The van der Waals surface area contributed by atoms with Crippen LogP contribution in [0, 0.1) is 6.07 Å². The van der Waals surface area contributed by atoms with Crippen LogP contribution in [-0.2, 0) is 21.1 Å². The van der Waals surface area contributed by atoms with E-state index in [0.29, 0.717) is 0 Å². The predicted octanol–water partition coefficient (Wildman–Crippen LogP) is 5.37. The number of para-hydroxylation sites is 1. The molecular formula is C21H14NPt-. The molecule has 114 valence electrons. The van der Waals surface area contributed by atoms with Crippen molar-refractivity contribution in [2.45, 2.75) is 0 Å². The number of rotatable bonds is 2. The van der Waals surface area contributed by atoms with E-state index in [4.69, 9.17) is 0 Å². The van der Waals surface area contributed by atoms with Crippen molar-refractivity contribution in [2.75, 3.05) is 0 Å². The summed E-state index contributed by atoms with van der Waals surface area (Å²) in [6.45, 7) is 0. The maximum absolute atomic E-state index is 4.52. The average Bonchev–Trinajstić information content (AvgIpc) is 2.62. The van der Waals surface area contributed by atoms with Crippen LogP contribution in [0.4, 0.5) is 0 Å². The first-order chi connectivity index (χ1) is 10.9. The van der Waals surface area contributed by atoms with Gasteiger partial charge in [0.05, 0.1) is 0 Å². The second-order valence-corrected chi connectivity index (χ2v) is 5.24. The fraction of sp³-hybridized carbons (Fsp3) is 0. The molecule has 0 fully saturated rings. The fourth-order valence-electron chi connectivity index (χ4n) is 2.72. The van der Waals surface area contributed by atoms with Crippen molar-refractivity contribution in [3.8, 4) is 22.3 Å². The van der Waals surface area contributed by atoms with Gasteiger partial charge < -0.3 is 0 Å². The number of benzene rings is 3. The van der Waals surface area contributed by atoms with Gasteiger partial charge in [-0.15, -0.1) is 29.8 Å². The molecule has 0 atom stereocenters. The molecule has 23 heavy (non-hydrogen) atoms. The molecule has 4 aromatic rings. The molecule has 0 unspecified atom stereocenters. The van der Waals surface area contributed by atoms with Gasteiger partial charge in [-0.25, -0.2) is 0 Å². The van der Waals surface area contributed by atoms with E-state index in [1.807, 2.05) is 24.4 Å². The summed E-state index contributed by atoms with van der Waals surface area (Å²) in [5.74, 6) is 0. The quantitative estimate of drug-likeness (QED) is 0.356. The largest absolute Gasteiger partial charge is 0.266 e. The first kappa shape index (κ1) is 15.6. The van der Waals surface area contributed by atoms with Crippen LogP contribution >= 0.6 is 0 Å². The number of pyridine rings is 1. The van der Waals surface area contributed by atoms with Crippen LogP contribution in [0.3, 0.4) is 0 Å². The van der Waals surface area contributed by atoms with Gasteiger partial charge in [0, 0.05) is 32.8 Å². The molecular weight excluding hydrogens is 461 g/mol. The maximum atomic E-state index is 4.52. The maximum Gasteiger partial charge on any atom is 0.0366 e. The third-order valence-corrected chi connectivity index (χ3v) is 3.84. The smallest absolute Gasteiger partial charge is 0.0366 e. The molecule has 0 aliphatic carbocycles. The second kappa shape index (κ2) is 6.89. The van der Waals surface area contributed by atoms with Gasteiger partial charge >= 0.3 is 0 Å². The Morgan fingerprint density at radius 1 is 0.696 bits per heavy atom. The standard InChI is InChI=1S/C21H14N.Pt/c1-2-6-16(7-3-1)17-11-13-18(14-12-17)20-10-4-8-19-9-5-15-22-21(19)20;/h1-13,15H;/q-1;. The SMILES string of the molecule is [Pt].[c-]1cc(-c2ccccc2)ccc1-c1cccc2cccnc12. The Morgan fingerprint density at radius 3 is 2.30 bits per heavy atom. The van der Waals surface area contributed by atoms with E-state index in [0.717, 1.165) is 22.0 Å². The molecule has 0 amide bonds. The summed E-state index contributed by atoms with van der Waals surface area (Å²) in [5, 5.41) is 1.15. The Kier molecular flexibility index (Phi) is 4.69. The molecule has 0 radical (unpaired) electrons. The Labute approximate surface area is 150 Å². The molecule has 1 aromatic heterocycles. The van der Waals surface area contributed by atoms with Crippen LogP contribution in [0.25, 0.3) is 33.2 Å². The van der Waals surface area contributed by atoms with E-state index in [2.05, 4.69) is 71.7 Å². The third-order valence-electron chi connectivity index (χ3n) is 3.84. The molecule has 0 aliphatic rings. The zero-order valence-corrected chi connectivity index (χ0v) is 14.6. The van der Waals surface area contributed by atoms with E-state index in [1.165, 1.54) is 11.1 Å². The summed E-state index contributed by atoms with van der Waals surface area (Å²) < 4.78 is 0. The first-order valence-corrected chi connectivity index (χ1v) is 7.33. The van der Waals surface area contributed by atoms with E-state index in [-0.39, 0.29) is 21.1 Å². The Balaban J connectivity index is 0.00000156. The van der Waals surface area contributed by atoms with Gasteiger partial charge in [-0.1, -0.05) is 71.3 Å². The van der Waals surface area contributed by atoms with Crippen LogP contribution in [0.5, 0.6) is 0 Å². The van der Waals surface area contributed by atoms with Crippen LogP contribution in [0.2, 0.25) is 0 Å². The number of fused-ring (bicyclic) bond motifs is 1. The monoisotopic (exact) mass is 475 g/mol.